The van der Waals surface area contributed by atoms with Gasteiger partial charge in [0.25, 0.3) is 5.91 Å². The summed E-state index contributed by atoms with van der Waals surface area (Å²) in [5.74, 6) is 0.528. The summed E-state index contributed by atoms with van der Waals surface area (Å²) in [6.07, 6.45) is 3.63. The van der Waals surface area contributed by atoms with Gasteiger partial charge in [-0.1, -0.05) is 37.6 Å². The third-order valence-corrected chi connectivity index (χ3v) is 4.95. The molecular formula is C18H22ClN3O2. The highest BCUT2D eigenvalue weighted by atomic mass is 35.5. The van der Waals surface area contributed by atoms with Crippen LogP contribution in [-0.4, -0.2) is 22.3 Å². The predicted molar refractivity (Wildman–Crippen MR) is 93.7 cm³/mol. The van der Waals surface area contributed by atoms with Crippen molar-refractivity contribution in [3.63, 3.8) is 0 Å². The number of aromatic nitrogens is 2. The number of rotatable bonds is 5. The van der Waals surface area contributed by atoms with E-state index in [0.29, 0.717) is 29.0 Å². The highest BCUT2D eigenvalue weighted by Crippen LogP contribution is 2.38. The van der Waals surface area contributed by atoms with Crippen LogP contribution in [0, 0.1) is 6.92 Å². The minimum absolute atomic E-state index is 0.133. The first-order valence-corrected chi connectivity index (χ1v) is 8.70. The number of hydrogen-bond donors (Lipinski definition) is 1. The Morgan fingerprint density at radius 1 is 1.46 bits per heavy atom. The number of carbonyl (C=O) groups is 1. The van der Waals surface area contributed by atoms with E-state index >= 15 is 0 Å². The Morgan fingerprint density at radius 3 is 2.92 bits per heavy atom. The fourth-order valence-electron chi connectivity index (χ4n) is 3.21. The maximum absolute atomic E-state index is 12.7. The molecule has 2 heterocycles. The Bertz CT molecular complexity index is 753. The molecule has 1 aromatic carbocycles. The second-order valence-corrected chi connectivity index (χ2v) is 6.46. The lowest BCUT2D eigenvalue weighted by atomic mass is 10.1. The van der Waals surface area contributed by atoms with Crippen molar-refractivity contribution in [3.05, 3.63) is 46.2 Å². The van der Waals surface area contributed by atoms with Gasteiger partial charge >= 0.3 is 0 Å². The van der Waals surface area contributed by atoms with Gasteiger partial charge in [0.1, 0.15) is 12.4 Å². The number of hydrogen-bond acceptors (Lipinski definition) is 3. The molecule has 0 bridgehead atoms. The van der Waals surface area contributed by atoms with Gasteiger partial charge in [-0.25, -0.2) is 0 Å². The summed E-state index contributed by atoms with van der Waals surface area (Å²) in [6, 6.07) is 5.71. The smallest absolute Gasteiger partial charge is 0.255 e. The molecule has 5 nitrogen and oxygen atoms in total. The molecule has 0 radical (unpaired) electrons. The summed E-state index contributed by atoms with van der Waals surface area (Å²) < 4.78 is 7.57. The largest absolute Gasteiger partial charge is 0.489 e. The van der Waals surface area contributed by atoms with Crippen molar-refractivity contribution >= 4 is 17.5 Å². The van der Waals surface area contributed by atoms with Gasteiger partial charge in [-0.15, -0.1) is 0 Å². The van der Waals surface area contributed by atoms with Crippen LogP contribution in [0.25, 0.3) is 0 Å². The van der Waals surface area contributed by atoms with Crippen LogP contribution in [0.4, 0.5) is 0 Å². The van der Waals surface area contributed by atoms with E-state index in [1.54, 1.807) is 12.3 Å². The van der Waals surface area contributed by atoms with Crippen LogP contribution in [0.1, 0.15) is 60.4 Å². The first-order chi connectivity index (χ1) is 11.6. The van der Waals surface area contributed by atoms with Crippen molar-refractivity contribution in [2.24, 2.45) is 0 Å². The number of nitrogens with zero attached hydrogens (tertiary/aromatic N) is 2. The van der Waals surface area contributed by atoms with Gasteiger partial charge in [0.15, 0.2) is 0 Å². The number of nitrogens with one attached hydrogen (secondary N) is 1. The fraction of sp³-hybridized carbons (Fsp3) is 0.444. The molecule has 1 atom stereocenters. The molecule has 0 aliphatic carbocycles. The molecule has 0 saturated carbocycles. The second-order valence-electron chi connectivity index (χ2n) is 6.05. The van der Waals surface area contributed by atoms with E-state index in [2.05, 4.69) is 24.3 Å². The molecule has 6 heteroatoms. The van der Waals surface area contributed by atoms with Gasteiger partial charge in [0.05, 0.1) is 28.9 Å². The van der Waals surface area contributed by atoms with Crippen LogP contribution in [0.15, 0.2) is 24.4 Å². The molecule has 1 N–H and O–H groups in total. The monoisotopic (exact) mass is 347 g/mol. The molecular weight excluding hydrogens is 326 g/mol. The van der Waals surface area contributed by atoms with Gasteiger partial charge in [-0.2, -0.15) is 5.10 Å². The van der Waals surface area contributed by atoms with Crippen LogP contribution >= 0.6 is 11.6 Å². The van der Waals surface area contributed by atoms with E-state index < -0.39 is 0 Å². The SMILES string of the molecule is CCC(CC)n1ncc(C(=O)N[C@H]2COc3c(Cl)cccc32)c1C. The number of halogens is 1. The molecule has 3 rings (SSSR count). The molecule has 1 amide bonds. The van der Waals surface area contributed by atoms with Crippen molar-refractivity contribution in [1.29, 1.82) is 0 Å². The quantitative estimate of drug-likeness (QED) is 0.887. The lowest BCUT2D eigenvalue weighted by molar-refractivity contribution is 0.0929. The number of benzene rings is 1. The zero-order chi connectivity index (χ0) is 17.3. The number of fused-ring (bicyclic) bond motifs is 1. The van der Waals surface area contributed by atoms with Gasteiger partial charge in [-0.3, -0.25) is 9.48 Å². The Balaban J connectivity index is 1.79. The van der Waals surface area contributed by atoms with Crippen molar-refractivity contribution in [2.45, 2.75) is 45.7 Å². The number of ether oxygens (including phenoxy) is 1. The van der Waals surface area contributed by atoms with E-state index in [0.717, 1.165) is 24.1 Å². The fourth-order valence-corrected chi connectivity index (χ4v) is 3.45. The predicted octanol–water partition coefficient (Wildman–Crippen LogP) is 4.07. The van der Waals surface area contributed by atoms with Crippen LogP contribution in [0.5, 0.6) is 5.75 Å². The molecule has 0 spiro atoms. The third kappa shape index (κ3) is 2.88. The van der Waals surface area contributed by atoms with Crippen molar-refractivity contribution in [3.8, 4) is 5.75 Å². The van der Waals surface area contributed by atoms with Crippen molar-refractivity contribution in [2.75, 3.05) is 6.61 Å². The van der Waals surface area contributed by atoms with E-state index in [1.165, 1.54) is 0 Å². The van der Waals surface area contributed by atoms with Gasteiger partial charge in [-0.05, 0) is 25.8 Å². The first-order valence-electron chi connectivity index (χ1n) is 8.32. The molecule has 0 unspecified atom stereocenters. The maximum Gasteiger partial charge on any atom is 0.255 e. The topological polar surface area (TPSA) is 56.2 Å². The van der Waals surface area contributed by atoms with Crippen LogP contribution in [0.2, 0.25) is 5.02 Å². The molecule has 24 heavy (non-hydrogen) atoms. The molecule has 0 saturated heterocycles. The summed E-state index contributed by atoms with van der Waals surface area (Å²) in [5.41, 5.74) is 2.42. The van der Waals surface area contributed by atoms with Crippen LogP contribution < -0.4 is 10.1 Å². The maximum atomic E-state index is 12.7. The number of amides is 1. The summed E-state index contributed by atoms with van der Waals surface area (Å²) >= 11 is 6.13. The van der Waals surface area contributed by atoms with Gasteiger partial charge in [0, 0.05) is 11.3 Å². The average molecular weight is 348 g/mol. The van der Waals surface area contributed by atoms with E-state index in [1.807, 2.05) is 23.7 Å². The van der Waals surface area contributed by atoms with E-state index in [-0.39, 0.29) is 11.9 Å². The Hall–Kier alpha value is -2.01. The first kappa shape index (κ1) is 16.8. The summed E-state index contributed by atoms with van der Waals surface area (Å²) in [7, 11) is 0. The Morgan fingerprint density at radius 2 is 2.21 bits per heavy atom. The van der Waals surface area contributed by atoms with E-state index in [4.69, 9.17) is 16.3 Å². The Labute approximate surface area is 147 Å². The molecule has 1 aromatic heterocycles. The number of para-hydroxylation sites is 1. The van der Waals surface area contributed by atoms with E-state index in [9.17, 15) is 4.79 Å². The van der Waals surface area contributed by atoms with Gasteiger partial charge < -0.3 is 10.1 Å². The molecule has 128 valence electrons. The van der Waals surface area contributed by atoms with Crippen LogP contribution in [0.3, 0.4) is 0 Å². The van der Waals surface area contributed by atoms with Crippen molar-refractivity contribution < 1.29 is 9.53 Å². The second kappa shape index (κ2) is 6.85. The lowest BCUT2D eigenvalue weighted by Crippen LogP contribution is -2.29. The lowest BCUT2D eigenvalue weighted by Gasteiger charge is -2.16. The highest BCUT2D eigenvalue weighted by Gasteiger charge is 2.28. The van der Waals surface area contributed by atoms with Gasteiger partial charge in [0.2, 0.25) is 0 Å². The molecule has 2 aromatic rings. The van der Waals surface area contributed by atoms with Crippen LogP contribution in [-0.2, 0) is 0 Å². The standard InChI is InChI=1S/C18H22ClN3O2/c1-4-12(5-2)22-11(3)14(9-20-22)18(23)21-16-10-24-17-13(16)7-6-8-15(17)19/h6-9,12,16H,4-5,10H2,1-3H3,(H,21,23)/t16-/m0/s1. The summed E-state index contributed by atoms with van der Waals surface area (Å²) in [5, 5.41) is 8.02. The normalized spacial score (nSPS) is 16.1. The molecule has 1 aliphatic rings. The average Bonchev–Trinajstić information content (AvgIpc) is 3.15. The number of carbonyl (C=O) groups excluding carboxylic acids is 1. The van der Waals surface area contributed by atoms with Crippen molar-refractivity contribution in [1.82, 2.24) is 15.1 Å². The summed E-state index contributed by atoms with van der Waals surface area (Å²) in [4.78, 5) is 12.7. The molecule has 0 fully saturated rings. The minimum atomic E-state index is -0.193. The Kier molecular flexibility index (Phi) is 4.81. The minimum Gasteiger partial charge on any atom is -0.489 e. The highest BCUT2D eigenvalue weighted by molar-refractivity contribution is 6.32. The zero-order valence-electron chi connectivity index (χ0n) is 14.2. The summed E-state index contributed by atoms with van der Waals surface area (Å²) in [6.45, 7) is 6.60. The third-order valence-electron chi connectivity index (χ3n) is 4.65. The molecule has 1 aliphatic heterocycles. The zero-order valence-corrected chi connectivity index (χ0v) is 14.9.